The summed E-state index contributed by atoms with van der Waals surface area (Å²) < 4.78 is 23.5. The number of carbonyl (C=O) groups is 4. The number of pyridine rings is 1. The predicted molar refractivity (Wildman–Crippen MR) is 237 cm³/mol. The van der Waals surface area contributed by atoms with Gasteiger partial charge in [0.25, 0.3) is 0 Å². The first-order valence-corrected chi connectivity index (χ1v) is 22.2. The van der Waals surface area contributed by atoms with Gasteiger partial charge in [0, 0.05) is 56.2 Å². The maximum absolute atomic E-state index is 14.0. The Morgan fingerprint density at radius 2 is 1.46 bits per heavy atom. The van der Waals surface area contributed by atoms with Crippen molar-refractivity contribution in [2.24, 2.45) is 11.8 Å². The zero-order valence-electron chi connectivity index (χ0n) is 37.6. The van der Waals surface area contributed by atoms with Gasteiger partial charge in [-0.25, -0.2) is 29.2 Å². The summed E-state index contributed by atoms with van der Waals surface area (Å²) >= 11 is 0. The summed E-state index contributed by atoms with van der Waals surface area (Å²) in [6, 6.07) is 11.7. The molecule has 2 fully saturated rings. The number of methoxy groups -OCH3 is 2. The number of aromatic nitrogens is 7. The van der Waals surface area contributed by atoms with Crippen LogP contribution in [-0.2, 0) is 35.1 Å². The van der Waals surface area contributed by atoms with E-state index in [4.69, 9.17) is 34.0 Å². The molecule has 3 aliphatic rings. The summed E-state index contributed by atoms with van der Waals surface area (Å²) in [6.45, 7) is 9.82. The van der Waals surface area contributed by atoms with Gasteiger partial charge in [-0.3, -0.25) is 9.59 Å². The number of nitrogens with zero attached hydrogens (tertiary/aromatic N) is 7. The molecule has 5 aromatic rings. The van der Waals surface area contributed by atoms with E-state index >= 15 is 0 Å². The highest BCUT2D eigenvalue weighted by Crippen LogP contribution is 2.37. The minimum atomic E-state index is -0.779. The summed E-state index contributed by atoms with van der Waals surface area (Å²) in [4.78, 5) is 76.7. The molecule has 0 radical (unpaired) electrons. The lowest BCUT2D eigenvalue weighted by molar-refractivity contribution is -0.136. The molecule has 5 atom stereocenters. The average Bonchev–Trinajstić information content (AvgIpc) is 4.17. The van der Waals surface area contributed by atoms with Crippen LogP contribution in [0.4, 0.5) is 9.59 Å². The molecule has 0 unspecified atom stereocenters. The molecule has 0 spiro atoms. The number of H-pyrrole nitrogens is 2. The molecule has 4 aromatic heterocycles. The summed E-state index contributed by atoms with van der Waals surface area (Å²) in [5.41, 5.74) is 5.70. The van der Waals surface area contributed by atoms with Gasteiger partial charge < -0.3 is 49.3 Å². The van der Waals surface area contributed by atoms with Gasteiger partial charge in [0.05, 0.1) is 62.3 Å². The Balaban J connectivity index is 0.961. The molecule has 1 aromatic carbocycles. The lowest BCUT2D eigenvalue weighted by Gasteiger charge is -2.29. The molecule has 0 saturated carbocycles. The van der Waals surface area contributed by atoms with Crippen LogP contribution in [0, 0.1) is 11.8 Å². The number of hydrogen-bond acceptors (Lipinski definition) is 12. The lowest BCUT2D eigenvalue weighted by Crippen LogP contribution is -2.51. The van der Waals surface area contributed by atoms with Crippen molar-refractivity contribution >= 4 is 24.0 Å². The third kappa shape index (κ3) is 9.75. The smallest absolute Gasteiger partial charge is 0.407 e. The second-order valence-corrected chi connectivity index (χ2v) is 17.3. The van der Waals surface area contributed by atoms with Crippen molar-refractivity contribution in [2.45, 2.75) is 90.3 Å². The monoisotopic (exact) mass is 891 g/mol. The van der Waals surface area contributed by atoms with Crippen molar-refractivity contribution in [1.82, 2.24) is 55.1 Å². The Hall–Kier alpha value is -6.60. The van der Waals surface area contributed by atoms with Crippen molar-refractivity contribution in [2.75, 3.05) is 40.5 Å². The number of fused-ring (bicyclic) bond motifs is 5. The standard InChI is InChI=1S/C46H57N11O8/c1-26(2)38(52-45(60)62-5)43(58)55-17-7-9-35(55)41-48-23-33(49-41)32-16-18-57(54-32)37-15-14-30(22-47-37)28-10-12-29(13-11-28)40-34-25-64-19-8-20-65-31-21-36(42(50-34)51-40)56(24-31)44(59)39(27(3)4)53-46(61)63-6/h10-16,18,22-23,26-27,31,35-36,38-39H,7-9,17,19-21,24-25H2,1-6H3,(H,48,49)(H,50,51)(H,52,60)(H,53,61)/t31-,35-,36-,38+,39-/m0/s1. The molecule has 3 aliphatic heterocycles. The zero-order chi connectivity index (χ0) is 45.8. The van der Waals surface area contributed by atoms with Gasteiger partial charge in [0.2, 0.25) is 11.8 Å². The Morgan fingerprint density at radius 1 is 0.769 bits per heavy atom. The SMILES string of the molecule is COC(=O)N[C@H](C(=O)N1C[C@@H]2C[C@H]1c1nc(-c3ccc(-c4ccc(-n5ccc(-c6cnc([C@@H]7CCCN7C(=O)[C@H](NC(=O)OC)C(C)C)[nH]6)n5)nc4)cc3)c([nH]1)COCCCO2)C(C)C. The van der Waals surface area contributed by atoms with Crippen LogP contribution in [0.15, 0.2) is 61.1 Å². The van der Waals surface area contributed by atoms with E-state index in [1.807, 2.05) is 82.6 Å². The number of imidazole rings is 2. The Kier molecular flexibility index (Phi) is 13.6. The molecular formula is C46H57N11O8. The first-order chi connectivity index (χ1) is 31.4. The Morgan fingerprint density at radius 3 is 2.14 bits per heavy atom. The fraction of sp³-hybridized carbons (Fsp3) is 0.478. The molecule has 19 nitrogen and oxygen atoms in total. The third-order valence-electron chi connectivity index (χ3n) is 12.3. The first kappa shape index (κ1) is 45.0. The molecule has 19 heteroatoms. The molecule has 65 heavy (non-hydrogen) atoms. The van der Waals surface area contributed by atoms with Crippen LogP contribution in [0.5, 0.6) is 0 Å². The van der Waals surface area contributed by atoms with Crippen LogP contribution in [0.25, 0.3) is 39.6 Å². The van der Waals surface area contributed by atoms with Crippen molar-refractivity contribution in [3.8, 4) is 39.6 Å². The molecule has 344 valence electrons. The van der Waals surface area contributed by atoms with E-state index < -0.39 is 30.3 Å². The molecule has 4 N–H and O–H groups in total. The summed E-state index contributed by atoms with van der Waals surface area (Å²) in [7, 11) is 2.56. The second kappa shape index (κ2) is 19.6. The number of ether oxygens (including phenoxy) is 4. The average molecular weight is 892 g/mol. The molecule has 8 rings (SSSR count). The van der Waals surface area contributed by atoms with Gasteiger partial charge in [-0.15, -0.1) is 0 Å². The minimum absolute atomic E-state index is 0.129. The van der Waals surface area contributed by atoms with Crippen LogP contribution in [-0.4, -0.2) is 127 Å². The fourth-order valence-corrected chi connectivity index (χ4v) is 8.75. The topological polar surface area (TPSA) is 224 Å². The van der Waals surface area contributed by atoms with Crippen LogP contribution in [0.1, 0.15) is 82.8 Å². The van der Waals surface area contributed by atoms with Crippen LogP contribution in [0.2, 0.25) is 0 Å². The van der Waals surface area contributed by atoms with Crippen LogP contribution in [0.3, 0.4) is 0 Å². The van der Waals surface area contributed by atoms with E-state index in [1.54, 1.807) is 20.7 Å². The quantitative estimate of drug-likeness (QED) is 0.125. The normalized spacial score (nSPS) is 19.7. The molecule has 7 heterocycles. The number of amides is 4. The summed E-state index contributed by atoms with van der Waals surface area (Å²) in [5, 5.41) is 10.2. The summed E-state index contributed by atoms with van der Waals surface area (Å²) in [6.07, 6.45) is 6.71. The highest BCUT2D eigenvalue weighted by molar-refractivity contribution is 5.87. The number of aromatic amines is 2. The number of likely N-dealkylation sites (tertiary alicyclic amines) is 2. The number of rotatable bonds is 11. The molecule has 0 aliphatic carbocycles. The largest absolute Gasteiger partial charge is 0.453 e. The molecule has 4 amide bonds. The Labute approximate surface area is 377 Å². The van der Waals surface area contributed by atoms with Crippen molar-refractivity contribution in [3.63, 3.8) is 0 Å². The van der Waals surface area contributed by atoms with Crippen LogP contribution >= 0.6 is 0 Å². The molecular weight excluding hydrogens is 835 g/mol. The number of nitrogens with one attached hydrogen (secondary N) is 4. The van der Waals surface area contributed by atoms with Crippen molar-refractivity contribution in [1.29, 1.82) is 0 Å². The maximum atomic E-state index is 14.0. The van der Waals surface area contributed by atoms with Crippen molar-refractivity contribution < 1.29 is 38.1 Å². The van der Waals surface area contributed by atoms with E-state index in [-0.39, 0.29) is 35.8 Å². The predicted octanol–water partition coefficient (Wildman–Crippen LogP) is 5.72. The van der Waals surface area contributed by atoms with Gasteiger partial charge in [-0.2, -0.15) is 5.10 Å². The molecule has 2 saturated heterocycles. The second-order valence-electron chi connectivity index (χ2n) is 17.3. The Bertz CT molecular complexity index is 2460. The van der Waals surface area contributed by atoms with Crippen molar-refractivity contribution in [3.05, 3.63) is 78.4 Å². The molecule has 4 bridgehead atoms. The number of alkyl carbamates (subject to hydrolysis) is 2. The van der Waals surface area contributed by atoms with E-state index in [9.17, 15) is 19.2 Å². The fourth-order valence-electron chi connectivity index (χ4n) is 8.75. The van der Waals surface area contributed by atoms with Gasteiger partial charge in [0.1, 0.15) is 29.4 Å². The van der Waals surface area contributed by atoms with E-state index in [0.717, 1.165) is 40.9 Å². The zero-order valence-corrected chi connectivity index (χ0v) is 37.6. The maximum Gasteiger partial charge on any atom is 0.407 e. The van der Waals surface area contributed by atoms with Gasteiger partial charge >= 0.3 is 12.2 Å². The number of hydrogen-bond donors (Lipinski definition) is 4. The van der Waals surface area contributed by atoms with Gasteiger partial charge in [-0.1, -0.05) is 52.0 Å². The van der Waals surface area contributed by atoms with E-state index in [1.165, 1.54) is 14.2 Å². The first-order valence-electron chi connectivity index (χ1n) is 22.2. The third-order valence-corrected chi connectivity index (χ3v) is 12.3. The highest BCUT2D eigenvalue weighted by atomic mass is 16.5. The van der Waals surface area contributed by atoms with E-state index in [0.29, 0.717) is 74.6 Å². The minimum Gasteiger partial charge on any atom is -0.453 e. The lowest BCUT2D eigenvalue weighted by atomic mass is 10.0. The van der Waals surface area contributed by atoms with Gasteiger partial charge in [-0.05, 0) is 54.9 Å². The summed E-state index contributed by atoms with van der Waals surface area (Å²) in [5.74, 6) is 1.24. The number of benzene rings is 1. The van der Waals surface area contributed by atoms with Gasteiger partial charge in [0.15, 0.2) is 5.82 Å². The van der Waals surface area contributed by atoms with Crippen LogP contribution < -0.4 is 10.6 Å². The number of carbonyl (C=O) groups excluding carboxylic acids is 4. The van der Waals surface area contributed by atoms with E-state index in [2.05, 4.69) is 25.6 Å². The highest BCUT2D eigenvalue weighted by Gasteiger charge is 2.43.